The number of nitrogens with one attached hydrogen (secondary N) is 1. The van der Waals surface area contributed by atoms with Crippen LogP contribution in [0.1, 0.15) is 11.3 Å². The molecule has 0 radical (unpaired) electrons. The summed E-state index contributed by atoms with van der Waals surface area (Å²) in [6.07, 6.45) is 0. The summed E-state index contributed by atoms with van der Waals surface area (Å²) in [5.74, 6) is 0. The van der Waals surface area contributed by atoms with Crippen molar-refractivity contribution in [3.8, 4) is 22.4 Å². The van der Waals surface area contributed by atoms with Crippen LogP contribution in [0.5, 0.6) is 0 Å². The van der Waals surface area contributed by atoms with E-state index in [2.05, 4.69) is 21.0 Å². The number of aromatic nitrogens is 3. The molecule has 0 fully saturated rings. The van der Waals surface area contributed by atoms with Crippen molar-refractivity contribution in [3.63, 3.8) is 0 Å². The summed E-state index contributed by atoms with van der Waals surface area (Å²) >= 11 is 3.51. The van der Waals surface area contributed by atoms with Crippen LogP contribution in [0.2, 0.25) is 0 Å². The second-order valence-electron chi connectivity index (χ2n) is 6.08. The van der Waals surface area contributed by atoms with Crippen molar-refractivity contribution >= 4 is 21.6 Å². The molecule has 0 aliphatic rings. The first-order valence-electron chi connectivity index (χ1n) is 7.99. The maximum atomic E-state index is 12.6. The number of aromatic amines is 1. The van der Waals surface area contributed by atoms with E-state index in [1.165, 1.54) is 4.52 Å². The average molecular weight is 394 g/mol. The van der Waals surface area contributed by atoms with E-state index in [0.717, 1.165) is 32.4 Å². The summed E-state index contributed by atoms with van der Waals surface area (Å²) < 4.78 is 2.49. The molecule has 2 aromatic carbocycles. The van der Waals surface area contributed by atoms with E-state index in [0.29, 0.717) is 11.3 Å². The van der Waals surface area contributed by atoms with Crippen molar-refractivity contribution in [2.45, 2.75) is 13.8 Å². The predicted molar refractivity (Wildman–Crippen MR) is 104 cm³/mol. The van der Waals surface area contributed by atoms with Crippen LogP contribution >= 0.6 is 15.9 Å². The van der Waals surface area contributed by atoms with Crippen LogP contribution in [0.3, 0.4) is 0 Å². The van der Waals surface area contributed by atoms with Crippen molar-refractivity contribution in [1.29, 1.82) is 0 Å². The van der Waals surface area contributed by atoms with E-state index in [4.69, 9.17) is 4.98 Å². The smallest absolute Gasteiger partial charge is 0.273 e. The third-order valence-electron chi connectivity index (χ3n) is 4.33. The highest BCUT2D eigenvalue weighted by Gasteiger charge is 2.16. The zero-order valence-electron chi connectivity index (χ0n) is 13.9. The molecule has 0 aliphatic carbocycles. The summed E-state index contributed by atoms with van der Waals surface area (Å²) in [6.45, 7) is 3.98. The number of nitrogens with zero attached hydrogens (tertiary/aromatic N) is 2. The SMILES string of the molecule is Cc1ccccc1-c1cc(=O)n2[nH]c(C)c(-c3cccc(Br)c3)c2n1. The standard InChI is InChI=1S/C20H16BrN3O/c1-12-6-3-4-9-16(12)17-11-18(25)24-20(22-17)19(13(2)23-24)14-7-5-8-15(21)10-14/h3-11,23H,1-2H3. The Morgan fingerprint density at radius 2 is 1.84 bits per heavy atom. The minimum Gasteiger partial charge on any atom is -0.293 e. The van der Waals surface area contributed by atoms with E-state index in [9.17, 15) is 4.79 Å². The van der Waals surface area contributed by atoms with Crippen LogP contribution in [0, 0.1) is 13.8 Å². The molecule has 25 heavy (non-hydrogen) atoms. The summed E-state index contributed by atoms with van der Waals surface area (Å²) in [7, 11) is 0. The predicted octanol–water partition coefficient (Wildman–Crippen LogP) is 4.74. The van der Waals surface area contributed by atoms with Gasteiger partial charge in [0.25, 0.3) is 5.56 Å². The van der Waals surface area contributed by atoms with E-state index in [-0.39, 0.29) is 5.56 Å². The lowest BCUT2D eigenvalue weighted by molar-refractivity contribution is 0.882. The van der Waals surface area contributed by atoms with Crippen LogP contribution in [-0.2, 0) is 0 Å². The number of fused-ring (bicyclic) bond motifs is 1. The number of aryl methyl sites for hydroxylation is 2. The fourth-order valence-corrected chi connectivity index (χ4v) is 3.54. The summed E-state index contributed by atoms with van der Waals surface area (Å²) in [5, 5.41) is 3.13. The van der Waals surface area contributed by atoms with Gasteiger partial charge in [-0.15, -0.1) is 0 Å². The molecule has 5 heteroatoms. The molecule has 0 spiro atoms. The van der Waals surface area contributed by atoms with Gasteiger partial charge in [-0.1, -0.05) is 52.3 Å². The lowest BCUT2D eigenvalue weighted by Gasteiger charge is -2.06. The Hall–Kier alpha value is -2.66. The normalized spacial score (nSPS) is 11.2. The number of halogens is 1. The maximum Gasteiger partial charge on any atom is 0.273 e. The summed E-state index contributed by atoms with van der Waals surface area (Å²) in [5.41, 5.74) is 6.14. The Morgan fingerprint density at radius 1 is 1.04 bits per heavy atom. The van der Waals surface area contributed by atoms with Crippen LogP contribution in [0.25, 0.3) is 28.0 Å². The fourth-order valence-electron chi connectivity index (χ4n) is 3.14. The number of H-pyrrole nitrogens is 1. The van der Waals surface area contributed by atoms with Crippen LogP contribution in [0.15, 0.2) is 63.9 Å². The molecule has 1 N–H and O–H groups in total. The lowest BCUT2D eigenvalue weighted by Crippen LogP contribution is -2.14. The first-order chi connectivity index (χ1) is 12.0. The minimum atomic E-state index is -0.118. The molecular formula is C20H16BrN3O. The highest BCUT2D eigenvalue weighted by molar-refractivity contribution is 9.10. The number of hydrogen-bond donors (Lipinski definition) is 1. The average Bonchev–Trinajstić information content (AvgIpc) is 2.92. The Labute approximate surface area is 153 Å². The molecule has 2 aromatic heterocycles. The van der Waals surface area contributed by atoms with Crippen LogP contribution in [0.4, 0.5) is 0 Å². The highest BCUT2D eigenvalue weighted by atomic mass is 79.9. The van der Waals surface area contributed by atoms with Crippen molar-refractivity contribution in [2.75, 3.05) is 0 Å². The molecule has 124 valence electrons. The Balaban J connectivity index is 2.04. The fraction of sp³-hybridized carbons (Fsp3) is 0.100. The number of benzene rings is 2. The van der Waals surface area contributed by atoms with Crippen LogP contribution in [-0.4, -0.2) is 14.6 Å². The monoisotopic (exact) mass is 393 g/mol. The molecule has 2 heterocycles. The molecule has 4 rings (SSSR count). The second-order valence-corrected chi connectivity index (χ2v) is 6.99. The van der Waals surface area contributed by atoms with Crippen molar-refractivity contribution in [2.24, 2.45) is 0 Å². The molecule has 0 saturated carbocycles. The number of rotatable bonds is 2. The number of hydrogen-bond acceptors (Lipinski definition) is 2. The zero-order chi connectivity index (χ0) is 17.6. The molecule has 0 amide bonds. The second kappa shape index (κ2) is 6.01. The van der Waals surface area contributed by atoms with Gasteiger partial charge in [-0.2, -0.15) is 0 Å². The van der Waals surface area contributed by atoms with Gasteiger partial charge in [-0.05, 0) is 37.1 Å². The largest absolute Gasteiger partial charge is 0.293 e. The van der Waals surface area contributed by atoms with E-state index < -0.39 is 0 Å². The van der Waals surface area contributed by atoms with Crippen LogP contribution < -0.4 is 5.56 Å². The first-order valence-corrected chi connectivity index (χ1v) is 8.78. The lowest BCUT2D eigenvalue weighted by atomic mass is 10.0. The highest BCUT2D eigenvalue weighted by Crippen LogP contribution is 2.30. The first kappa shape index (κ1) is 15.8. The van der Waals surface area contributed by atoms with Gasteiger partial charge >= 0.3 is 0 Å². The Kier molecular flexibility index (Phi) is 3.81. The molecule has 0 unspecified atom stereocenters. The Bertz CT molecular complexity index is 1160. The topological polar surface area (TPSA) is 50.2 Å². The maximum absolute atomic E-state index is 12.6. The van der Waals surface area contributed by atoms with Gasteiger partial charge < -0.3 is 0 Å². The third kappa shape index (κ3) is 2.70. The molecule has 0 aliphatic heterocycles. The van der Waals surface area contributed by atoms with Crippen molar-refractivity contribution < 1.29 is 0 Å². The molecular weight excluding hydrogens is 378 g/mol. The Morgan fingerprint density at radius 3 is 2.60 bits per heavy atom. The zero-order valence-corrected chi connectivity index (χ0v) is 15.5. The van der Waals surface area contributed by atoms with E-state index >= 15 is 0 Å². The van der Waals surface area contributed by atoms with Gasteiger partial charge in [0.15, 0.2) is 5.65 Å². The summed E-state index contributed by atoms with van der Waals surface area (Å²) in [6, 6.07) is 17.5. The molecule has 4 nitrogen and oxygen atoms in total. The van der Waals surface area contributed by atoms with Gasteiger partial charge in [0.1, 0.15) is 0 Å². The minimum absolute atomic E-state index is 0.118. The van der Waals surface area contributed by atoms with Crippen molar-refractivity contribution in [1.82, 2.24) is 14.6 Å². The molecule has 0 bridgehead atoms. The van der Waals surface area contributed by atoms with Gasteiger partial charge in [0.05, 0.1) is 5.69 Å². The van der Waals surface area contributed by atoms with Gasteiger partial charge in [0, 0.05) is 27.4 Å². The van der Waals surface area contributed by atoms with E-state index in [1.54, 1.807) is 6.07 Å². The van der Waals surface area contributed by atoms with Gasteiger partial charge in [-0.25, -0.2) is 9.50 Å². The third-order valence-corrected chi connectivity index (χ3v) is 4.82. The van der Waals surface area contributed by atoms with Gasteiger partial charge in [-0.3, -0.25) is 9.89 Å². The van der Waals surface area contributed by atoms with Gasteiger partial charge in [0.2, 0.25) is 0 Å². The molecule has 0 atom stereocenters. The van der Waals surface area contributed by atoms with Crippen molar-refractivity contribution in [3.05, 3.63) is 80.7 Å². The molecule has 4 aromatic rings. The van der Waals surface area contributed by atoms with E-state index in [1.807, 2.05) is 62.4 Å². The summed E-state index contributed by atoms with van der Waals surface area (Å²) in [4.78, 5) is 17.4. The quantitative estimate of drug-likeness (QED) is 0.534. The molecule has 0 saturated heterocycles.